The Bertz CT molecular complexity index is 1000. The van der Waals surface area contributed by atoms with E-state index in [1.807, 2.05) is 0 Å². The Balaban J connectivity index is 1.97. The zero-order valence-corrected chi connectivity index (χ0v) is 16.3. The predicted molar refractivity (Wildman–Crippen MR) is 106 cm³/mol. The van der Waals surface area contributed by atoms with Crippen LogP contribution in [-0.2, 0) is 4.79 Å². The van der Waals surface area contributed by atoms with E-state index < -0.39 is 4.92 Å². The van der Waals surface area contributed by atoms with Gasteiger partial charge in [-0.3, -0.25) is 14.9 Å². The van der Waals surface area contributed by atoms with Crippen molar-refractivity contribution >= 4 is 68.2 Å². The number of rotatable bonds is 3. The van der Waals surface area contributed by atoms with E-state index in [1.54, 1.807) is 43.3 Å². The molecule has 1 heterocycles. The summed E-state index contributed by atoms with van der Waals surface area (Å²) in [4.78, 5) is 23.3. The van der Waals surface area contributed by atoms with Gasteiger partial charge in [0.25, 0.3) is 11.6 Å². The zero-order valence-electron chi connectivity index (χ0n) is 13.2. The molecule has 9 heteroatoms. The molecule has 0 saturated carbocycles. The second-order valence-electron chi connectivity index (χ2n) is 5.43. The van der Waals surface area contributed by atoms with E-state index in [0.717, 1.165) is 0 Å². The third-order valence-corrected chi connectivity index (χ3v) is 5.10. The number of anilines is 1. The van der Waals surface area contributed by atoms with Crippen molar-refractivity contribution in [2.75, 3.05) is 5.01 Å². The van der Waals surface area contributed by atoms with Gasteiger partial charge in [0.15, 0.2) is 0 Å². The molecule has 0 fully saturated rings. The van der Waals surface area contributed by atoms with Gasteiger partial charge in [0, 0.05) is 6.07 Å². The summed E-state index contributed by atoms with van der Waals surface area (Å²) in [5, 5.41) is 17.2. The van der Waals surface area contributed by atoms with Crippen molar-refractivity contribution in [3.63, 3.8) is 0 Å². The monoisotopic (exact) mass is 453 g/mol. The van der Waals surface area contributed by atoms with E-state index >= 15 is 0 Å². The molecule has 0 atom stereocenters. The van der Waals surface area contributed by atoms with Crippen LogP contribution in [0.25, 0.3) is 6.08 Å². The van der Waals surface area contributed by atoms with E-state index in [9.17, 15) is 14.9 Å². The van der Waals surface area contributed by atoms with Crippen LogP contribution in [0.2, 0.25) is 10.0 Å². The number of nitro benzene ring substituents is 1. The van der Waals surface area contributed by atoms with Gasteiger partial charge < -0.3 is 0 Å². The SMILES string of the molecule is CC1=NN(c2ccc(Cl)c(Cl)c2)C(=O)/C1=C/c1ccc(Br)c([N+](=O)[O-])c1. The van der Waals surface area contributed by atoms with Crippen molar-refractivity contribution in [3.05, 3.63) is 72.2 Å². The minimum atomic E-state index is -0.495. The second-order valence-corrected chi connectivity index (χ2v) is 7.10. The van der Waals surface area contributed by atoms with Crippen LogP contribution < -0.4 is 5.01 Å². The molecule has 0 aromatic heterocycles. The summed E-state index contributed by atoms with van der Waals surface area (Å²) in [7, 11) is 0. The van der Waals surface area contributed by atoms with E-state index in [0.29, 0.717) is 37.1 Å². The number of nitrogens with zero attached hydrogens (tertiary/aromatic N) is 3. The van der Waals surface area contributed by atoms with Gasteiger partial charge in [-0.25, -0.2) is 0 Å². The smallest absolute Gasteiger partial charge is 0.267 e. The van der Waals surface area contributed by atoms with E-state index in [4.69, 9.17) is 23.2 Å². The molecule has 0 N–H and O–H groups in total. The molecule has 1 amide bonds. The minimum Gasteiger partial charge on any atom is -0.267 e. The summed E-state index contributed by atoms with van der Waals surface area (Å²) in [6.07, 6.45) is 1.57. The van der Waals surface area contributed by atoms with Crippen LogP contribution in [0.3, 0.4) is 0 Å². The molecule has 0 spiro atoms. The molecule has 0 saturated heterocycles. The topological polar surface area (TPSA) is 75.8 Å². The van der Waals surface area contributed by atoms with Crippen molar-refractivity contribution < 1.29 is 9.72 Å². The molecule has 0 radical (unpaired) electrons. The van der Waals surface area contributed by atoms with Gasteiger partial charge >= 0.3 is 0 Å². The first-order valence-corrected chi connectivity index (χ1v) is 8.83. The molecule has 3 rings (SSSR count). The highest BCUT2D eigenvalue weighted by atomic mass is 79.9. The maximum Gasteiger partial charge on any atom is 0.284 e. The zero-order chi connectivity index (χ0) is 19.0. The number of amides is 1. The van der Waals surface area contributed by atoms with Crippen molar-refractivity contribution in [2.24, 2.45) is 5.10 Å². The lowest BCUT2D eigenvalue weighted by Gasteiger charge is -2.12. The molecule has 6 nitrogen and oxygen atoms in total. The fraction of sp³-hybridized carbons (Fsp3) is 0.0588. The van der Waals surface area contributed by atoms with Crippen molar-refractivity contribution in [1.82, 2.24) is 0 Å². The highest BCUT2D eigenvalue weighted by molar-refractivity contribution is 9.10. The van der Waals surface area contributed by atoms with E-state index in [1.165, 1.54) is 11.1 Å². The van der Waals surface area contributed by atoms with Crippen LogP contribution in [0, 0.1) is 10.1 Å². The predicted octanol–water partition coefficient (Wildman–Crippen LogP) is 5.47. The summed E-state index contributed by atoms with van der Waals surface area (Å²) in [6.45, 7) is 1.69. The molecule has 1 aliphatic rings. The maximum absolute atomic E-state index is 12.7. The third-order valence-electron chi connectivity index (χ3n) is 3.69. The van der Waals surface area contributed by atoms with Gasteiger partial charge in [-0.15, -0.1) is 0 Å². The maximum atomic E-state index is 12.7. The van der Waals surface area contributed by atoms with Crippen LogP contribution >= 0.6 is 39.1 Å². The molecule has 132 valence electrons. The average molecular weight is 455 g/mol. The van der Waals surface area contributed by atoms with Gasteiger partial charge in [0.2, 0.25) is 0 Å². The summed E-state index contributed by atoms with van der Waals surface area (Å²) in [5.74, 6) is -0.355. The van der Waals surface area contributed by atoms with Crippen LogP contribution in [0.1, 0.15) is 12.5 Å². The van der Waals surface area contributed by atoms with E-state index in [2.05, 4.69) is 21.0 Å². The Morgan fingerprint density at radius 3 is 2.58 bits per heavy atom. The normalized spacial score (nSPS) is 15.5. The number of hydrazone groups is 1. The fourth-order valence-corrected chi connectivity index (χ4v) is 3.09. The Morgan fingerprint density at radius 1 is 1.19 bits per heavy atom. The third kappa shape index (κ3) is 3.51. The molecule has 2 aromatic carbocycles. The fourth-order valence-electron chi connectivity index (χ4n) is 2.40. The summed E-state index contributed by atoms with van der Waals surface area (Å²) < 4.78 is 0.366. The molecular weight excluding hydrogens is 445 g/mol. The number of nitro groups is 1. The highest BCUT2D eigenvalue weighted by Gasteiger charge is 2.29. The lowest BCUT2D eigenvalue weighted by molar-refractivity contribution is -0.385. The molecule has 0 aliphatic carbocycles. The Hall–Kier alpha value is -2.22. The lowest BCUT2D eigenvalue weighted by Crippen LogP contribution is -2.21. The second kappa shape index (κ2) is 7.19. The summed E-state index contributed by atoms with van der Waals surface area (Å²) in [6, 6.07) is 9.39. The van der Waals surface area contributed by atoms with Crippen LogP contribution in [0.15, 0.2) is 51.5 Å². The van der Waals surface area contributed by atoms with E-state index in [-0.39, 0.29) is 11.6 Å². The van der Waals surface area contributed by atoms with Gasteiger partial charge in [-0.1, -0.05) is 29.3 Å². The van der Waals surface area contributed by atoms with Gasteiger partial charge in [0.05, 0.1) is 36.4 Å². The highest BCUT2D eigenvalue weighted by Crippen LogP contribution is 2.32. The van der Waals surface area contributed by atoms with Gasteiger partial charge in [-0.2, -0.15) is 10.1 Å². The molecular formula is C17H10BrCl2N3O3. The molecule has 26 heavy (non-hydrogen) atoms. The van der Waals surface area contributed by atoms with Crippen LogP contribution in [0.4, 0.5) is 11.4 Å². The molecule has 0 unspecified atom stereocenters. The summed E-state index contributed by atoms with van der Waals surface area (Å²) >= 11 is 15.0. The number of halogens is 3. The number of carbonyl (C=O) groups is 1. The lowest BCUT2D eigenvalue weighted by atomic mass is 10.1. The Kier molecular flexibility index (Phi) is 5.13. The van der Waals surface area contributed by atoms with Crippen molar-refractivity contribution in [1.29, 1.82) is 0 Å². The van der Waals surface area contributed by atoms with Gasteiger partial charge in [0.1, 0.15) is 0 Å². The first-order chi connectivity index (χ1) is 12.3. The summed E-state index contributed by atoms with van der Waals surface area (Å²) in [5.41, 5.74) is 1.75. The molecule has 0 bridgehead atoms. The standard InChI is InChI=1S/C17H10BrCl2N3O3/c1-9-12(6-10-2-4-13(18)16(7-10)23(25)26)17(24)22(21-9)11-3-5-14(19)15(20)8-11/h2-8H,1H3/b12-6+. The van der Waals surface area contributed by atoms with Crippen LogP contribution in [-0.4, -0.2) is 16.5 Å². The van der Waals surface area contributed by atoms with Gasteiger partial charge in [-0.05, 0) is 58.8 Å². The van der Waals surface area contributed by atoms with Crippen molar-refractivity contribution in [3.8, 4) is 0 Å². The van der Waals surface area contributed by atoms with Crippen LogP contribution in [0.5, 0.6) is 0 Å². The first-order valence-electron chi connectivity index (χ1n) is 7.28. The Morgan fingerprint density at radius 2 is 1.92 bits per heavy atom. The average Bonchev–Trinajstić information content (AvgIpc) is 2.87. The molecule has 2 aromatic rings. The minimum absolute atomic E-state index is 0.0827. The number of hydrogen-bond acceptors (Lipinski definition) is 4. The first kappa shape index (κ1) is 18.6. The Labute approximate surface area is 167 Å². The number of carbonyl (C=O) groups excluding carboxylic acids is 1. The number of benzene rings is 2. The quantitative estimate of drug-likeness (QED) is 0.350. The molecule has 1 aliphatic heterocycles. The largest absolute Gasteiger partial charge is 0.284 e. The van der Waals surface area contributed by atoms with Crippen molar-refractivity contribution in [2.45, 2.75) is 6.92 Å². The number of hydrogen-bond donors (Lipinski definition) is 0.